The van der Waals surface area contributed by atoms with Crippen molar-refractivity contribution in [2.24, 2.45) is 0 Å². The molecule has 13 aromatic rings. The Bertz CT molecular complexity index is 5550. The van der Waals surface area contributed by atoms with Crippen molar-refractivity contribution in [1.29, 1.82) is 0 Å². The lowest BCUT2D eigenvalue weighted by molar-refractivity contribution is -0.120. The third-order valence-electron chi connectivity index (χ3n) is 21.2. The molecule has 0 bridgehead atoms. The summed E-state index contributed by atoms with van der Waals surface area (Å²) >= 11 is 0. The normalized spacial score (nSPS) is 13.1. The summed E-state index contributed by atoms with van der Waals surface area (Å²) < 4.78 is 29.5. The minimum absolute atomic E-state index is 0.0346. The molecule has 580 valence electrons. The van der Waals surface area contributed by atoms with E-state index in [-0.39, 0.29) is 147 Å². The summed E-state index contributed by atoms with van der Waals surface area (Å²) in [5.41, 5.74) is 6.50. The number of rotatable bonds is 26. The molecule has 20 heteroatoms. The Morgan fingerprint density at radius 3 is 0.828 bits per heavy atom. The minimum atomic E-state index is -1.58. The number of imide groups is 2. The van der Waals surface area contributed by atoms with Gasteiger partial charge in [-0.05, 0) is 204 Å². The van der Waals surface area contributed by atoms with E-state index < -0.39 is 59.3 Å². The second-order valence-corrected chi connectivity index (χ2v) is 30.7. The van der Waals surface area contributed by atoms with Gasteiger partial charge in [0, 0.05) is 115 Å². The Labute approximate surface area is 670 Å². The Morgan fingerprint density at radius 1 is 0.336 bits per heavy atom. The van der Waals surface area contributed by atoms with Gasteiger partial charge in [0.25, 0.3) is 35.4 Å². The van der Waals surface area contributed by atoms with Crippen LogP contribution in [0.5, 0.6) is 46.0 Å². The van der Waals surface area contributed by atoms with Crippen molar-refractivity contribution in [1.82, 2.24) is 19.8 Å². The van der Waals surface area contributed by atoms with E-state index in [1.54, 1.807) is 136 Å². The van der Waals surface area contributed by atoms with E-state index in [0.717, 1.165) is 32.1 Å². The highest BCUT2D eigenvalue weighted by molar-refractivity contribution is 6.45. The fraction of sp³-hybridized carbons (Fsp3) is 0.188. The van der Waals surface area contributed by atoms with Gasteiger partial charge < -0.3 is 40.2 Å². The maximum absolute atomic E-state index is 16.8. The number of fused-ring (bicyclic) bond motifs is 2. The number of benzene rings is 11. The first-order valence-electron chi connectivity index (χ1n) is 38.5. The molecule has 4 N–H and O–H groups in total. The molecule has 15 rings (SSSR count). The Morgan fingerprint density at radius 2 is 0.586 bits per heavy atom. The van der Waals surface area contributed by atoms with Gasteiger partial charge in [-0.3, -0.25) is 58.1 Å². The number of amides is 8. The number of nitrogens with zero attached hydrogens (tertiary/aromatic N) is 4. The topological polar surface area (TPSA) is 254 Å². The Balaban J connectivity index is 1.05. The van der Waals surface area contributed by atoms with Crippen LogP contribution in [-0.4, -0.2) is 79.1 Å². The number of anilines is 4. The van der Waals surface area contributed by atoms with Crippen LogP contribution < -0.4 is 40.2 Å². The smallest absolute Gasteiger partial charge is 0.262 e. The van der Waals surface area contributed by atoms with E-state index in [0.29, 0.717) is 45.5 Å². The van der Waals surface area contributed by atoms with Crippen LogP contribution >= 0.6 is 0 Å². The van der Waals surface area contributed by atoms with Crippen LogP contribution in [0.3, 0.4) is 0 Å². The molecule has 0 spiro atoms. The zero-order valence-electron chi connectivity index (χ0n) is 65.8. The van der Waals surface area contributed by atoms with Crippen LogP contribution in [0.1, 0.15) is 168 Å². The van der Waals surface area contributed by atoms with Crippen LogP contribution in [0.4, 0.5) is 22.7 Å². The fourth-order valence-corrected chi connectivity index (χ4v) is 15.0. The summed E-state index contributed by atoms with van der Waals surface area (Å²) in [4.78, 5) is 135. The van der Waals surface area contributed by atoms with E-state index >= 15 is 28.8 Å². The fourth-order valence-electron chi connectivity index (χ4n) is 15.0. The molecule has 0 saturated carbocycles. The van der Waals surface area contributed by atoms with Gasteiger partial charge in [-0.1, -0.05) is 129 Å². The molecular weight excluding hydrogens is 1460 g/mol. The SMILES string of the molecule is C=C(C)C(=O)Nc1cccc(NC(=O)C(Cc2ccncc2)N2C(=O)c3cc(Oc4ccc(C(C)C)cc4)c4c5c(Oc6ccc(C(C)C)cc6)cc6c7c(cc(Oc8ccc(C(C)C)cc8)c(c8c(Oc9ccc(C(C)C)cc9)cc(c3c48)C2=O)c75)C(=O)N(C(Cc2ccncc2)C(=O)Nc2cccc(NC(=O)C(=C)C)c2)C6=O)c1. The molecular formula is C96H84N8O12. The predicted octanol–water partition coefficient (Wildman–Crippen LogP) is 20.9. The molecule has 20 nitrogen and oxygen atoms in total. The number of carbonyl (C=O) groups excluding carboxylic acids is 8. The highest BCUT2D eigenvalue weighted by atomic mass is 16.5. The molecule has 11 aromatic carbocycles. The van der Waals surface area contributed by atoms with Crippen LogP contribution in [0.25, 0.3) is 43.1 Å². The molecule has 0 radical (unpaired) electrons. The largest absolute Gasteiger partial charge is 0.457 e. The second kappa shape index (κ2) is 31.8. The van der Waals surface area contributed by atoms with E-state index in [9.17, 15) is 9.59 Å². The first-order chi connectivity index (χ1) is 55.7. The quantitative estimate of drug-likeness (QED) is 0.0170. The molecule has 2 aliphatic rings. The highest BCUT2D eigenvalue weighted by Crippen LogP contribution is 2.58. The Hall–Kier alpha value is -14.1. The lowest BCUT2D eigenvalue weighted by atomic mass is 9.80. The van der Waals surface area contributed by atoms with Crippen LogP contribution in [-0.2, 0) is 32.0 Å². The summed E-state index contributed by atoms with van der Waals surface area (Å²) in [6.07, 6.45) is 5.81. The molecule has 0 saturated heterocycles. The third-order valence-corrected chi connectivity index (χ3v) is 21.2. The first kappa shape index (κ1) is 77.2. The summed E-state index contributed by atoms with van der Waals surface area (Å²) in [7, 11) is 0. The second-order valence-electron chi connectivity index (χ2n) is 30.7. The average molecular weight is 1540 g/mol. The third kappa shape index (κ3) is 15.1. The molecule has 2 atom stereocenters. The monoisotopic (exact) mass is 1540 g/mol. The average Bonchev–Trinajstić information content (AvgIpc) is 0.670. The van der Waals surface area contributed by atoms with Gasteiger partial charge in [0.05, 0.1) is 22.3 Å². The van der Waals surface area contributed by atoms with Gasteiger partial charge >= 0.3 is 0 Å². The van der Waals surface area contributed by atoms with Crippen molar-refractivity contribution >= 4 is 113 Å². The minimum Gasteiger partial charge on any atom is -0.457 e. The van der Waals surface area contributed by atoms with Gasteiger partial charge in [-0.2, -0.15) is 0 Å². The number of carbonyl (C=O) groups is 8. The molecule has 2 unspecified atom stereocenters. The van der Waals surface area contributed by atoms with Crippen LogP contribution in [0, 0.1) is 0 Å². The van der Waals surface area contributed by atoms with Gasteiger partial charge in [0.15, 0.2) is 0 Å². The molecule has 116 heavy (non-hydrogen) atoms. The van der Waals surface area contributed by atoms with Crippen molar-refractivity contribution in [3.05, 3.63) is 299 Å². The number of pyridine rings is 2. The lowest BCUT2D eigenvalue weighted by Crippen LogP contribution is -2.53. The molecule has 2 aromatic heterocycles. The van der Waals surface area contributed by atoms with Gasteiger partial charge in [0.2, 0.25) is 11.8 Å². The molecule has 8 amide bonds. The van der Waals surface area contributed by atoms with Crippen molar-refractivity contribution in [2.45, 2.75) is 118 Å². The van der Waals surface area contributed by atoms with Crippen molar-refractivity contribution < 1.29 is 57.3 Å². The van der Waals surface area contributed by atoms with E-state index in [4.69, 9.17) is 18.9 Å². The van der Waals surface area contributed by atoms with Crippen LogP contribution in [0.2, 0.25) is 0 Å². The predicted molar refractivity (Wildman–Crippen MR) is 452 cm³/mol. The zero-order chi connectivity index (χ0) is 81.7. The lowest BCUT2D eigenvalue weighted by Gasteiger charge is -2.36. The Kier molecular flexibility index (Phi) is 21.2. The standard InChI is InChI=1S/C96H84N8O12/c1-51(2)59-19-27-67(28-20-59)113-77-47-71-81-72(94(110)103(93(71)109)75(43-57-35-39-97-40-36-57)91(107)101-65-17-13-15-63(45-65)99-89(105)55(9)10)49-79(115-69-31-23-61(24-32-69)53(5)6)85-86-80(116-70-33-25-62(26-34-70)54(7)8)50-74-82-73(48-78(84(88(82)86)83(77)87(81)85)114-68-29-21-60(22-30-68)52(3)4)95(111)104(96(74)112)76(44-58-37-41-98-42-38-58)92(108)102-66-18-14-16-64(46-66)100-90(106)56(11)12/h13-42,45-54,75-76H,9,11,43-44H2,1-8,10,12H3,(H,99,105)(H,100,106)(H,101,107)(H,102,108). The number of hydrogen-bond donors (Lipinski definition) is 4. The van der Waals surface area contributed by atoms with Crippen molar-refractivity contribution in [2.75, 3.05) is 21.3 Å². The van der Waals surface area contributed by atoms with Gasteiger partial charge in [-0.15, -0.1) is 0 Å². The van der Waals surface area contributed by atoms with E-state index in [2.05, 4.69) is 99.8 Å². The molecule has 4 heterocycles. The maximum Gasteiger partial charge on any atom is 0.262 e. The number of aromatic nitrogens is 2. The highest BCUT2D eigenvalue weighted by Gasteiger charge is 2.47. The van der Waals surface area contributed by atoms with E-state index in [1.165, 1.54) is 0 Å². The zero-order valence-corrected chi connectivity index (χ0v) is 65.8. The van der Waals surface area contributed by atoms with Crippen molar-refractivity contribution in [3.63, 3.8) is 0 Å². The van der Waals surface area contributed by atoms with E-state index in [1.807, 2.05) is 97.1 Å². The number of ether oxygens (including phenoxy) is 4. The van der Waals surface area contributed by atoms with Crippen molar-refractivity contribution in [3.8, 4) is 46.0 Å². The summed E-state index contributed by atoms with van der Waals surface area (Å²) in [5.74, 6) is -4.06. The summed E-state index contributed by atoms with van der Waals surface area (Å²) in [6.45, 7) is 27.2. The molecule has 0 aliphatic carbocycles. The van der Waals surface area contributed by atoms with Crippen LogP contribution in [0.15, 0.2) is 243 Å². The molecule has 0 fully saturated rings. The summed E-state index contributed by atoms with van der Waals surface area (Å²) in [5, 5.41) is 13.2. The number of hydrogen-bond acceptors (Lipinski definition) is 14. The number of nitrogens with one attached hydrogen (secondary N) is 4. The molecule has 2 aliphatic heterocycles. The van der Waals surface area contributed by atoms with Gasteiger partial charge in [0.1, 0.15) is 58.1 Å². The maximum atomic E-state index is 16.8. The first-order valence-corrected chi connectivity index (χ1v) is 38.5. The van der Waals surface area contributed by atoms with Gasteiger partial charge in [-0.25, -0.2) is 0 Å². The summed E-state index contributed by atoms with van der Waals surface area (Å²) in [6, 6.07) is 52.8.